The van der Waals surface area contributed by atoms with Crippen LogP contribution in [0.5, 0.6) is 5.75 Å². The van der Waals surface area contributed by atoms with Crippen LogP contribution in [0.15, 0.2) is 54.9 Å². The van der Waals surface area contributed by atoms with Crippen molar-refractivity contribution >= 4 is 5.91 Å². The van der Waals surface area contributed by atoms with Crippen molar-refractivity contribution in [3.63, 3.8) is 0 Å². The molecule has 4 heteroatoms. The zero-order valence-corrected chi connectivity index (χ0v) is 11.3. The number of nitrogens with zero attached hydrogens (tertiary/aromatic N) is 1. The molecule has 0 atom stereocenters. The van der Waals surface area contributed by atoms with E-state index < -0.39 is 0 Å². The lowest BCUT2D eigenvalue weighted by molar-refractivity contribution is -0.121. The summed E-state index contributed by atoms with van der Waals surface area (Å²) in [7, 11) is 0. The van der Waals surface area contributed by atoms with Gasteiger partial charge in [0.2, 0.25) is 5.91 Å². The van der Waals surface area contributed by atoms with E-state index in [4.69, 9.17) is 4.74 Å². The number of ether oxygens (including phenoxy) is 1. The first kappa shape index (κ1) is 14.1. The van der Waals surface area contributed by atoms with Crippen LogP contribution in [-0.2, 0) is 11.3 Å². The van der Waals surface area contributed by atoms with E-state index in [1.165, 1.54) is 0 Å². The normalized spacial score (nSPS) is 10.0. The highest BCUT2D eigenvalue weighted by molar-refractivity contribution is 5.75. The number of hydrogen-bond donors (Lipinski definition) is 1. The summed E-state index contributed by atoms with van der Waals surface area (Å²) < 4.78 is 5.48. The molecule has 0 bridgehead atoms. The van der Waals surface area contributed by atoms with Crippen LogP contribution < -0.4 is 10.1 Å². The predicted molar refractivity (Wildman–Crippen MR) is 77.3 cm³/mol. The Hall–Kier alpha value is -2.36. The first-order chi connectivity index (χ1) is 9.84. The topological polar surface area (TPSA) is 51.2 Å². The highest BCUT2D eigenvalue weighted by Gasteiger charge is 2.01. The Morgan fingerprint density at radius 2 is 2.00 bits per heavy atom. The Balaban J connectivity index is 1.59. The average molecular weight is 270 g/mol. The maximum Gasteiger partial charge on any atom is 0.220 e. The summed E-state index contributed by atoms with van der Waals surface area (Å²) in [4.78, 5) is 15.6. The number of aromatic nitrogens is 1. The predicted octanol–water partition coefficient (Wildman–Crippen LogP) is 2.56. The molecule has 0 spiro atoms. The molecule has 104 valence electrons. The van der Waals surface area contributed by atoms with Crippen LogP contribution in [0.25, 0.3) is 0 Å². The van der Waals surface area contributed by atoms with Gasteiger partial charge in [0, 0.05) is 19.2 Å². The number of amides is 1. The summed E-state index contributed by atoms with van der Waals surface area (Å²) >= 11 is 0. The van der Waals surface area contributed by atoms with Gasteiger partial charge in [0.15, 0.2) is 0 Å². The van der Waals surface area contributed by atoms with E-state index in [2.05, 4.69) is 10.3 Å². The van der Waals surface area contributed by atoms with Crippen molar-refractivity contribution in [3.05, 3.63) is 60.4 Å². The van der Waals surface area contributed by atoms with Crippen LogP contribution in [0.3, 0.4) is 0 Å². The second-order valence-corrected chi connectivity index (χ2v) is 4.40. The summed E-state index contributed by atoms with van der Waals surface area (Å²) in [5.41, 5.74) is 1.10. The number of rotatable bonds is 7. The van der Waals surface area contributed by atoms with Crippen molar-refractivity contribution in [2.75, 3.05) is 6.61 Å². The summed E-state index contributed by atoms with van der Waals surface area (Å²) in [6, 6.07) is 13.5. The summed E-state index contributed by atoms with van der Waals surface area (Å²) in [6.07, 6.45) is 4.52. The zero-order valence-electron chi connectivity index (χ0n) is 11.3. The highest BCUT2D eigenvalue weighted by Crippen LogP contribution is 2.06. The van der Waals surface area contributed by atoms with Gasteiger partial charge in [0.25, 0.3) is 0 Å². The standard InChI is InChI=1S/C16H18N2O2/c19-16(18-12-14-6-2-1-3-7-14)9-5-11-20-15-8-4-10-17-13-15/h1-4,6-8,10,13H,5,9,11-12H2,(H,18,19). The molecule has 0 aliphatic heterocycles. The molecular formula is C16H18N2O2. The lowest BCUT2D eigenvalue weighted by Crippen LogP contribution is -2.22. The molecule has 2 aromatic rings. The van der Waals surface area contributed by atoms with Gasteiger partial charge in [-0.25, -0.2) is 0 Å². The first-order valence-corrected chi connectivity index (χ1v) is 6.68. The van der Waals surface area contributed by atoms with E-state index in [1.54, 1.807) is 12.4 Å². The third-order valence-electron chi connectivity index (χ3n) is 2.78. The number of benzene rings is 1. The van der Waals surface area contributed by atoms with Crippen LogP contribution in [0, 0.1) is 0 Å². The van der Waals surface area contributed by atoms with E-state index in [0.29, 0.717) is 26.0 Å². The lowest BCUT2D eigenvalue weighted by Gasteiger charge is -2.06. The van der Waals surface area contributed by atoms with Crippen LogP contribution in [0.1, 0.15) is 18.4 Å². The van der Waals surface area contributed by atoms with E-state index in [-0.39, 0.29) is 5.91 Å². The first-order valence-electron chi connectivity index (χ1n) is 6.68. The molecule has 0 saturated carbocycles. The lowest BCUT2D eigenvalue weighted by atomic mass is 10.2. The Morgan fingerprint density at radius 1 is 1.15 bits per heavy atom. The Kier molecular flexibility index (Phi) is 5.58. The molecular weight excluding hydrogens is 252 g/mol. The molecule has 4 nitrogen and oxygen atoms in total. The van der Waals surface area contributed by atoms with E-state index in [9.17, 15) is 4.79 Å². The van der Waals surface area contributed by atoms with Gasteiger partial charge < -0.3 is 10.1 Å². The fraction of sp³-hybridized carbons (Fsp3) is 0.250. The average Bonchev–Trinajstić information content (AvgIpc) is 2.52. The van der Waals surface area contributed by atoms with Gasteiger partial charge in [0.1, 0.15) is 5.75 Å². The molecule has 20 heavy (non-hydrogen) atoms. The van der Waals surface area contributed by atoms with Gasteiger partial charge in [-0.2, -0.15) is 0 Å². The Bertz CT molecular complexity index is 515. The van der Waals surface area contributed by atoms with E-state index in [0.717, 1.165) is 11.3 Å². The quantitative estimate of drug-likeness (QED) is 0.787. The van der Waals surface area contributed by atoms with Crippen molar-refractivity contribution in [1.82, 2.24) is 10.3 Å². The highest BCUT2D eigenvalue weighted by atomic mass is 16.5. The van der Waals surface area contributed by atoms with Crippen molar-refractivity contribution in [2.24, 2.45) is 0 Å². The molecule has 0 aliphatic carbocycles. The minimum atomic E-state index is 0.0450. The fourth-order valence-corrected chi connectivity index (χ4v) is 1.74. The van der Waals surface area contributed by atoms with Crippen LogP contribution >= 0.6 is 0 Å². The molecule has 0 aliphatic rings. The van der Waals surface area contributed by atoms with Crippen LogP contribution in [0.4, 0.5) is 0 Å². The molecule has 0 saturated heterocycles. The number of pyridine rings is 1. The van der Waals surface area contributed by atoms with Crippen molar-refractivity contribution in [3.8, 4) is 5.75 Å². The second-order valence-electron chi connectivity index (χ2n) is 4.40. The minimum absolute atomic E-state index is 0.0450. The van der Waals surface area contributed by atoms with Gasteiger partial charge in [0.05, 0.1) is 12.8 Å². The van der Waals surface area contributed by atoms with Gasteiger partial charge >= 0.3 is 0 Å². The molecule has 1 heterocycles. The van der Waals surface area contributed by atoms with E-state index in [1.807, 2.05) is 42.5 Å². The number of carbonyl (C=O) groups excluding carboxylic acids is 1. The summed E-state index contributed by atoms with van der Waals surface area (Å²) in [5, 5.41) is 2.89. The van der Waals surface area contributed by atoms with Crippen molar-refractivity contribution in [1.29, 1.82) is 0 Å². The van der Waals surface area contributed by atoms with Crippen LogP contribution in [0.2, 0.25) is 0 Å². The molecule has 0 fully saturated rings. The fourth-order valence-electron chi connectivity index (χ4n) is 1.74. The maximum absolute atomic E-state index is 11.6. The molecule has 0 unspecified atom stereocenters. The molecule has 1 aromatic heterocycles. The number of hydrogen-bond acceptors (Lipinski definition) is 3. The minimum Gasteiger partial charge on any atom is -0.492 e. The van der Waals surface area contributed by atoms with Crippen LogP contribution in [-0.4, -0.2) is 17.5 Å². The third kappa shape index (κ3) is 5.10. The molecule has 1 N–H and O–H groups in total. The Morgan fingerprint density at radius 3 is 2.75 bits per heavy atom. The summed E-state index contributed by atoms with van der Waals surface area (Å²) in [5.74, 6) is 0.779. The van der Waals surface area contributed by atoms with Crippen molar-refractivity contribution < 1.29 is 9.53 Å². The molecule has 2 rings (SSSR count). The van der Waals surface area contributed by atoms with Gasteiger partial charge in [-0.05, 0) is 24.1 Å². The van der Waals surface area contributed by atoms with Gasteiger partial charge in [-0.3, -0.25) is 9.78 Å². The van der Waals surface area contributed by atoms with Crippen molar-refractivity contribution in [2.45, 2.75) is 19.4 Å². The van der Waals surface area contributed by atoms with Gasteiger partial charge in [-0.1, -0.05) is 30.3 Å². The van der Waals surface area contributed by atoms with E-state index >= 15 is 0 Å². The molecule has 1 amide bonds. The maximum atomic E-state index is 11.6. The number of carbonyl (C=O) groups is 1. The largest absolute Gasteiger partial charge is 0.492 e. The Labute approximate surface area is 118 Å². The molecule has 1 aromatic carbocycles. The SMILES string of the molecule is O=C(CCCOc1cccnc1)NCc1ccccc1. The zero-order chi connectivity index (χ0) is 14.0. The summed E-state index contributed by atoms with van der Waals surface area (Å²) in [6.45, 7) is 1.09. The smallest absolute Gasteiger partial charge is 0.220 e. The number of nitrogens with one attached hydrogen (secondary N) is 1. The second kappa shape index (κ2) is 7.94. The third-order valence-corrected chi connectivity index (χ3v) is 2.78. The molecule has 0 radical (unpaired) electrons. The monoisotopic (exact) mass is 270 g/mol. The van der Waals surface area contributed by atoms with Gasteiger partial charge in [-0.15, -0.1) is 0 Å².